The van der Waals surface area contributed by atoms with Crippen molar-refractivity contribution in [2.45, 2.75) is 25.3 Å². The van der Waals surface area contributed by atoms with E-state index in [-0.39, 0.29) is 17.8 Å². The predicted octanol–water partition coefficient (Wildman–Crippen LogP) is 3.32. The number of aromatic amines is 1. The summed E-state index contributed by atoms with van der Waals surface area (Å²) < 4.78 is 40.6. The maximum Gasteiger partial charge on any atom is 0.268 e. The first-order valence-corrected chi connectivity index (χ1v) is 9.22. The molecule has 6 nitrogen and oxygen atoms in total. The zero-order valence-electron chi connectivity index (χ0n) is 14.3. The fourth-order valence-electron chi connectivity index (χ4n) is 2.64. The summed E-state index contributed by atoms with van der Waals surface area (Å²) in [5.74, 6) is -4.77. The molecule has 0 bridgehead atoms. The van der Waals surface area contributed by atoms with E-state index in [2.05, 4.69) is 20.5 Å². The normalized spacial score (nSPS) is 13.5. The second kappa shape index (κ2) is 7.19. The topological polar surface area (TPSA) is 87.7 Å². The SMILES string of the molecule is O=C(NCc1nnc(C2CC2)s1)c1cc(C(=O)c2c(F)cc(F)cc2F)c[nH]1. The largest absolute Gasteiger partial charge is 0.356 e. The second-order valence-corrected chi connectivity index (χ2v) is 7.46. The smallest absolute Gasteiger partial charge is 0.268 e. The number of hydrogen-bond acceptors (Lipinski definition) is 5. The molecule has 1 saturated carbocycles. The molecule has 3 aromatic rings. The summed E-state index contributed by atoms with van der Waals surface area (Å²) in [6.07, 6.45) is 3.38. The summed E-state index contributed by atoms with van der Waals surface area (Å²) in [5, 5.41) is 12.4. The van der Waals surface area contributed by atoms with E-state index in [1.165, 1.54) is 17.4 Å². The summed E-state index contributed by atoms with van der Waals surface area (Å²) in [4.78, 5) is 27.1. The average Bonchev–Trinajstić information content (AvgIpc) is 3.18. The zero-order valence-corrected chi connectivity index (χ0v) is 15.1. The number of ketones is 1. The number of H-pyrrole nitrogens is 1. The quantitative estimate of drug-likeness (QED) is 0.615. The van der Waals surface area contributed by atoms with Gasteiger partial charge in [-0.3, -0.25) is 9.59 Å². The van der Waals surface area contributed by atoms with Crippen molar-refractivity contribution in [2.24, 2.45) is 0 Å². The molecule has 1 amide bonds. The summed E-state index contributed by atoms with van der Waals surface area (Å²) in [5.41, 5.74) is -0.964. The number of amides is 1. The summed E-state index contributed by atoms with van der Waals surface area (Å²) in [6.45, 7) is 0.173. The number of nitrogens with one attached hydrogen (secondary N) is 2. The van der Waals surface area contributed by atoms with Crippen molar-refractivity contribution in [3.05, 3.63) is 68.7 Å². The van der Waals surface area contributed by atoms with Gasteiger partial charge in [-0.2, -0.15) is 0 Å². The van der Waals surface area contributed by atoms with E-state index in [1.54, 1.807) is 0 Å². The van der Waals surface area contributed by atoms with E-state index >= 15 is 0 Å². The number of nitrogens with zero attached hydrogens (tertiary/aromatic N) is 2. The van der Waals surface area contributed by atoms with Crippen molar-refractivity contribution in [3.63, 3.8) is 0 Å². The van der Waals surface area contributed by atoms with Crippen molar-refractivity contribution in [2.75, 3.05) is 0 Å². The number of halogens is 3. The molecule has 2 N–H and O–H groups in total. The number of benzene rings is 1. The fraction of sp³-hybridized carbons (Fsp3) is 0.222. The lowest BCUT2D eigenvalue weighted by Crippen LogP contribution is -2.23. The standard InChI is InChI=1S/C18H13F3N4O2S/c19-10-4-11(20)15(12(21)5-10)16(26)9-3-13(22-6-9)17(27)23-7-14-24-25-18(28-14)8-1-2-8/h3-6,8,22H,1-2,7H2,(H,23,27). The minimum absolute atomic E-state index is 0.0400. The van der Waals surface area contributed by atoms with Crippen LogP contribution in [0.5, 0.6) is 0 Å². The van der Waals surface area contributed by atoms with Gasteiger partial charge in [0, 0.05) is 29.8 Å². The zero-order chi connectivity index (χ0) is 19.8. The number of carbonyl (C=O) groups is 2. The third-order valence-electron chi connectivity index (χ3n) is 4.23. The maximum absolute atomic E-state index is 13.8. The van der Waals surface area contributed by atoms with Crippen LogP contribution in [0.4, 0.5) is 13.2 Å². The van der Waals surface area contributed by atoms with Crippen LogP contribution in [0.3, 0.4) is 0 Å². The number of aromatic nitrogens is 3. The van der Waals surface area contributed by atoms with Crippen LogP contribution in [0.15, 0.2) is 24.4 Å². The van der Waals surface area contributed by atoms with Gasteiger partial charge in [0.25, 0.3) is 5.91 Å². The Hall–Kier alpha value is -3.01. The third-order valence-corrected chi connectivity index (χ3v) is 5.32. The van der Waals surface area contributed by atoms with Crippen LogP contribution in [0.1, 0.15) is 55.2 Å². The molecular formula is C18H13F3N4O2S. The van der Waals surface area contributed by atoms with E-state index in [4.69, 9.17) is 0 Å². The van der Waals surface area contributed by atoms with Gasteiger partial charge in [-0.05, 0) is 18.9 Å². The third kappa shape index (κ3) is 3.68. The molecule has 4 rings (SSSR count). The van der Waals surface area contributed by atoms with Gasteiger partial charge < -0.3 is 10.3 Å². The van der Waals surface area contributed by atoms with Crippen molar-refractivity contribution >= 4 is 23.0 Å². The molecule has 10 heteroatoms. The molecule has 1 aliphatic rings. The lowest BCUT2D eigenvalue weighted by atomic mass is 10.0. The molecule has 144 valence electrons. The molecule has 1 fully saturated rings. The van der Waals surface area contributed by atoms with Crippen LogP contribution in [-0.4, -0.2) is 26.9 Å². The van der Waals surface area contributed by atoms with E-state index < -0.39 is 34.7 Å². The van der Waals surface area contributed by atoms with Crippen LogP contribution in [-0.2, 0) is 6.54 Å². The Morgan fingerprint density at radius 2 is 1.86 bits per heavy atom. The second-order valence-electron chi connectivity index (χ2n) is 6.37. The molecule has 0 radical (unpaired) electrons. The predicted molar refractivity (Wildman–Crippen MR) is 93.6 cm³/mol. The highest BCUT2D eigenvalue weighted by molar-refractivity contribution is 7.11. The van der Waals surface area contributed by atoms with Crippen LogP contribution in [0, 0.1) is 17.5 Å². The van der Waals surface area contributed by atoms with Crippen molar-refractivity contribution in [1.82, 2.24) is 20.5 Å². The molecule has 1 aliphatic carbocycles. The van der Waals surface area contributed by atoms with Gasteiger partial charge in [-0.15, -0.1) is 10.2 Å². The minimum atomic E-state index is -1.31. The van der Waals surface area contributed by atoms with Gasteiger partial charge in [0.1, 0.15) is 33.2 Å². The molecule has 0 saturated heterocycles. The Balaban J connectivity index is 1.44. The Kier molecular flexibility index (Phi) is 4.71. The summed E-state index contributed by atoms with van der Waals surface area (Å²) in [7, 11) is 0. The molecule has 2 aromatic heterocycles. The summed E-state index contributed by atoms with van der Waals surface area (Å²) >= 11 is 1.44. The molecular weight excluding hydrogens is 393 g/mol. The highest BCUT2D eigenvalue weighted by atomic mass is 32.1. The van der Waals surface area contributed by atoms with Gasteiger partial charge in [0.15, 0.2) is 5.78 Å². The van der Waals surface area contributed by atoms with Crippen molar-refractivity contribution in [1.29, 1.82) is 0 Å². The summed E-state index contributed by atoms with van der Waals surface area (Å²) in [6, 6.07) is 2.03. The van der Waals surface area contributed by atoms with Crippen molar-refractivity contribution in [3.8, 4) is 0 Å². The first-order valence-electron chi connectivity index (χ1n) is 8.40. The Bertz CT molecular complexity index is 1050. The van der Waals surface area contributed by atoms with Crippen LogP contribution < -0.4 is 5.32 Å². The van der Waals surface area contributed by atoms with Crippen molar-refractivity contribution < 1.29 is 22.8 Å². The van der Waals surface area contributed by atoms with Gasteiger partial charge in [0.2, 0.25) is 0 Å². The van der Waals surface area contributed by atoms with Gasteiger partial charge in [0.05, 0.1) is 12.1 Å². The lowest BCUT2D eigenvalue weighted by Gasteiger charge is -2.03. The van der Waals surface area contributed by atoms with Crippen LogP contribution in [0.2, 0.25) is 0 Å². The Morgan fingerprint density at radius 3 is 2.54 bits per heavy atom. The number of rotatable bonds is 6. The monoisotopic (exact) mass is 406 g/mol. The first-order chi connectivity index (χ1) is 13.4. The molecule has 0 unspecified atom stereocenters. The first kappa shape index (κ1) is 18.4. The Labute approximate surface area is 160 Å². The minimum Gasteiger partial charge on any atom is -0.356 e. The molecule has 0 spiro atoms. The van der Waals surface area contributed by atoms with E-state index in [0.29, 0.717) is 23.1 Å². The molecule has 0 aliphatic heterocycles. The van der Waals surface area contributed by atoms with Gasteiger partial charge in [-0.1, -0.05) is 11.3 Å². The van der Waals surface area contributed by atoms with Crippen LogP contribution >= 0.6 is 11.3 Å². The number of carbonyl (C=O) groups excluding carboxylic acids is 2. The number of hydrogen-bond donors (Lipinski definition) is 2. The highest BCUT2D eigenvalue weighted by Gasteiger charge is 2.27. The van der Waals surface area contributed by atoms with Gasteiger partial charge >= 0.3 is 0 Å². The molecule has 28 heavy (non-hydrogen) atoms. The molecule has 2 heterocycles. The van der Waals surface area contributed by atoms with E-state index in [0.717, 1.165) is 24.0 Å². The lowest BCUT2D eigenvalue weighted by molar-refractivity contribution is 0.0946. The molecule has 0 atom stereocenters. The average molecular weight is 406 g/mol. The Morgan fingerprint density at radius 1 is 1.14 bits per heavy atom. The highest BCUT2D eigenvalue weighted by Crippen LogP contribution is 2.41. The van der Waals surface area contributed by atoms with Gasteiger partial charge in [-0.25, -0.2) is 13.2 Å². The van der Waals surface area contributed by atoms with Crippen LogP contribution in [0.25, 0.3) is 0 Å². The fourth-order valence-corrected chi connectivity index (χ4v) is 3.60. The van der Waals surface area contributed by atoms with E-state index in [1.807, 2.05) is 0 Å². The maximum atomic E-state index is 13.8. The van der Waals surface area contributed by atoms with E-state index in [9.17, 15) is 22.8 Å². The molecule has 1 aromatic carbocycles.